The summed E-state index contributed by atoms with van der Waals surface area (Å²) in [5.41, 5.74) is 0.457. The molecule has 0 unspecified atom stereocenters. The summed E-state index contributed by atoms with van der Waals surface area (Å²) in [6.45, 7) is 0.421. The third kappa shape index (κ3) is 3.79. The van der Waals surface area contributed by atoms with E-state index in [9.17, 15) is 9.18 Å². The van der Waals surface area contributed by atoms with Crippen LogP contribution in [0.3, 0.4) is 0 Å². The summed E-state index contributed by atoms with van der Waals surface area (Å²) < 4.78 is 17.9. The first-order chi connectivity index (χ1) is 7.52. The van der Waals surface area contributed by atoms with Crippen molar-refractivity contribution in [2.45, 2.75) is 6.54 Å². The summed E-state index contributed by atoms with van der Waals surface area (Å²) in [5, 5.41) is 0.475. The minimum absolute atomic E-state index is 0.114. The van der Waals surface area contributed by atoms with Gasteiger partial charge in [0, 0.05) is 17.1 Å². The molecule has 1 rings (SSSR count). The number of nitrogens with zero attached hydrogens (tertiary/aromatic N) is 1. The zero-order chi connectivity index (χ0) is 12.1. The standard InChI is InChI=1S/C11H13ClFNO2/c1-14(7-11(15)16-2)6-8-5-9(12)3-4-10(8)13/h3-5H,6-7H2,1-2H3. The van der Waals surface area contributed by atoms with Gasteiger partial charge in [0.05, 0.1) is 13.7 Å². The van der Waals surface area contributed by atoms with E-state index in [2.05, 4.69) is 4.74 Å². The zero-order valence-electron chi connectivity index (χ0n) is 9.17. The zero-order valence-corrected chi connectivity index (χ0v) is 9.92. The highest BCUT2D eigenvalue weighted by atomic mass is 35.5. The number of halogens is 2. The molecule has 0 fully saturated rings. The van der Waals surface area contributed by atoms with Gasteiger partial charge in [0.1, 0.15) is 5.82 Å². The van der Waals surface area contributed by atoms with Crippen molar-refractivity contribution < 1.29 is 13.9 Å². The van der Waals surface area contributed by atoms with E-state index < -0.39 is 0 Å². The number of carbonyl (C=O) groups excluding carboxylic acids is 1. The van der Waals surface area contributed by atoms with Crippen LogP contribution in [0.2, 0.25) is 5.02 Å². The minimum Gasteiger partial charge on any atom is -0.468 e. The lowest BCUT2D eigenvalue weighted by Crippen LogP contribution is -2.26. The molecule has 0 N–H and O–H groups in total. The Hall–Kier alpha value is -1.13. The second kappa shape index (κ2) is 5.82. The van der Waals surface area contributed by atoms with E-state index in [0.717, 1.165) is 0 Å². The third-order valence-corrected chi connectivity index (χ3v) is 2.31. The highest BCUT2D eigenvalue weighted by Gasteiger charge is 2.10. The fourth-order valence-corrected chi connectivity index (χ4v) is 1.49. The van der Waals surface area contributed by atoms with Gasteiger partial charge in [0.25, 0.3) is 0 Å². The predicted molar refractivity (Wildman–Crippen MR) is 59.8 cm³/mol. The number of carbonyl (C=O) groups is 1. The SMILES string of the molecule is COC(=O)CN(C)Cc1cc(Cl)ccc1F. The lowest BCUT2D eigenvalue weighted by molar-refractivity contribution is -0.141. The van der Waals surface area contributed by atoms with E-state index in [1.165, 1.54) is 19.2 Å². The quantitative estimate of drug-likeness (QED) is 0.761. The molecule has 0 aromatic heterocycles. The van der Waals surface area contributed by atoms with Crippen LogP contribution < -0.4 is 0 Å². The number of benzene rings is 1. The van der Waals surface area contributed by atoms with E-state index in [-0.39, 0.29) is 18.3 Å². The van der Waals surface area contributed by atoms with Gasteiger partial charge >= 0.3 is 5.97 Å². The maximum absolute atomic E-state index is 13.3. The number of hydrogen-bond donors (Lipinski definition) is 0. The highest BCUT2D eigenvalue weighted by Crippen LogP contribution is 2.16. The Kier molecular flexibility index (Phi) is 4.71. The summed E-state index contributed by atoms with van der Waals surface area (Å²) in [6.07, 6.45) is 0. The topological polar surface area (TPSA) is 29.5 Å². The van der Waals surface area contributed by atoms with E-state index >= 15 is 0 Å². The maximum Gasteiger partial charge on any atom is 0.319 e. The van der Waals surface area contributed by atoms with E-state index in [4.69, 9.17) is 11.6 Å². The van der Waals surface area contributed by atoms with Crippen molar-refractivity contribution in [2.24, 2.45) is 0 Å². The first-order valence-corrected chi connectivity index (χ1v) is 5.10. The lowest BCUT2D eigenvalue weighted by atomic mass is 10.2. The van der Waals surface area contributed by atoms with Gasteiger partial charge in [-0.2, -0.15) is 0 Å². The van der Waals surface area contributed by atoms with Gasteiger partial charge in [-0.3, -0.25) is 9.69 Å². The Labute approximate surface area is 98.8 Å². The van der Waals surface area contributed by atoms with Gasteiger partial charge in [-0.1, -0.05) is 11.6 Å². The van der Waals surface area contributed by atoms with E-state index in [0.29, 0.717) is 17.1 Å². The molecule has 0 radical (unpaired) electrons. The first kappa shape index (κ1) is 12.9. The fraction of sp³-hybridized carbons (Fsp3) is 0.364. The molecule has 3 nitrogen and oxygen atoms in total. The molecule has 0 amide bonds. The average Bonchev–Trinajstić information content (AvgIpc) is 2.23. The normalized spacial score (nSPS) is 10.6. The van der Waals surface area contributed by atoms with Gasteiger partial charge in [-0.05, 0) is 25.2 Å². The Morgan fingerprint density at radius 2 is 2.25 bits per heavy atom. The molecule has 1 aromatic rings. The molecular formula is C11H13ClFNO2. The fourth-order valence-electron chi connectivity index (χ4n) is 1.30. The van der Waals surface area contributed by atoms with E-state index in [1.54, 1.807) is 18.0 Å². The van der Waals surface area contributed by atoms with Crippen LogP contribution in [-0.2, 0) is 16.1 Å². The Balaban J connectivity index is 2.65. The Morgan fingerprint density at radius 1 is 1.56 bits per heavy atom. The van der Waals surface area contributed by atoms with E-state index in [1.807, 2.05) is 0 Å². The van der Waals surface area contributed by atoms with Gasteiger partial charge in [-0.25, -0.2) is 4.39 Å². The number of ether oxygens (including phenoxy) is 1. The first-order valence-electron chi connectivity index (χ1n) is 4.72. The number of methoxy groups -OCH3 is 1. The van der Waals surface area contributed by atoms with Crippen LogP contribution >= 0.6 is 11.6 Å². The van der Waals surface area contributed by atoms with Gasteiger partial charge in [0.2, 0.25) is 0 Å². The van der Waals surface area contributed by atoms with Gasteiger partial charge in [-0.15, -0.1) is 0 Å². The maximum atomic E-state index is 13.3. The van der Waals surface area contributed by atoms with Crippen LogP contribution in [0.15, 0.2) is 18.2 Å². The molecular weight excluding hydrogens is 233 g/mol. The summed E-state index contributed by atoms with van der Waals surface area (Å²) in [7, 11) is 3.02. The molecule has 0 atom stereocenters. The molecule has 0 saturated heterocycles. The number of hydrogen-bond acceptors (Lipinski definition) is 3. The lowest BCUT2D eigenvalue weighted by Gasteiger charge is -2.15. The molecule has 1 aromatic carbocycles. The van der Waals surface area contributed by atoms with Crippen LogP contribution in [0.5, 0.6) is 0 Å². The molecule has 0 bridgehead atoms. The Morgan fingerprint density at radius 3 is 2.88 bits per heavy atom. The van der Waals surface area contributed by atoms with Crippen molar-refractivity contribution in [3.63, 3.8) is 0 Å². The predicted octanol–water partition coefficient (Wildman–Crippen LogP) is 2.08. The van der Waals surface area contributed by atoms with Crippen molar-refractivity contribution in [2.75, 3.05) is 20.7 Å². The van der Waals surface area contributed by atoms with Crippen LogP contribution in [0.4, 0.5) is 4.39 Å². The summed E-state index contributed by atoms with van der Waals surface area (Å²) >= 11 is 5.76. The van der Waals surface area contributed by atoms with Crippen LogP contribution in [0.25, 0.3) is 0 Å². The van der Waals surface area contributed by atoms with Crippen LogP contribution in [0, 0.1) is 5.82 Å². The van der Waals surface area contributed by atoms with Crippen LogP contribution in [-0.4, -0.2) is 31.6 Å². The molecule has 88 valence electrons. The monoisotopic (exact) mass is 245 g/mol. The van der Waals surface area contributed by atoms with Crippen molar-refractivity contribution in [1.82, 2.24) is 4.90 Å². The van der Waals surface area contributed by atoms with Crippen LogP contribution in [0.1, 0.15) is 5.56 Å². The molecule has 0 aliphatic rings. The highest BCUT2D eigenvalue weighted by molar-refractivity contribution is 6.30. The van der Waals surface area contributed by atoms with Gasteiger partial charge in [0.15, 0.2) is 0 Å². The number of esters is 1. The van der Waals surface area contributed by atoms with Crippen molar-refractivity contribution in [1.29, 1.82) is 0 Å². The second-order valence-electron chi connectivity index (χ2n) is 3.48. The van der Waals surface area contributed by atoms with Crippen molar-refractivity contribution in [3.05, 3.63) is 34.6 Å². The summed E-state index contributed by atoms with van der Waals surface area (Å²) in [4.78, 5) is 12.6. The average molecular weight is 246 g/mol. The molecule has 5 heteroatoms. The molecule has 0 saturated carbocycles. The number of rotatable bonds is 4. The largest absolute Gasteiger partial charge is 0.468 e. The van der Waals surface area contributed by atoms with Gasteiger partial charge < -0.3 is 4.74 Å². The smallest absolute Gasteiger partial charge is 0.319 e. The molecule has 0 aliphatic heterocycles. The molecule has 0 aliphatic carbocycles. The third-order valence-electron chi connectivity index (χ3n) is 2.07. The molecule has 16 heavy (non-hydrogen) atoms. The minimum atomic E-state index is -0.357. The Bertz CT molecular complexity index is 384. The summed E-state index contributed by atoms with van der Waals surface area (Å²) in [6, 6.07) is 4.34. The number of likely N-dealkylation sites (N-methyl/N-ethyl adjacent to an activating group) is 1. The second-order valence-corrected chi connectivity index (χ2v) is 3.92. The van der Waals surface area contributed by atoms with Crippen molar-refractivity contribution >= 4 is 17.6 Å². The summed E-state index contributed by atoms with van der Waals surface area (Å²) in [5.74, 6) is -0.689. The molecule has 0 spiro atoms. The van der Waals surface area contributed by atoms with Crippen molar-refractivity contribution in [3.8, 4) is 0 Å². The molecule has 0 heterocycles.